The fourth-order valence-electron chi connectivity index (χ4n) is 0.831. The van der Waals surface area contributed by atoms with E-state index in [-0.39, 0.29) is 4.75 Å². The Kier molecular flexibility index (Phi) is 5.97. The highest BCUT2D eigenvalue weighted by Crippen LogP contribution is 2.12. The second-order valence-electron chi connectivity index (χ2n) is 3.97. The lowest BCUT2D eigenvalue weighted by atomic mass is 10.3. The van der Waals surface area contributed by atoms with Crippen molar-refractivity contribution in [3.8, 4) is 0 Å². The second kappa shape index (κ2) is 6.14. The molecule has 1 nitrogen and oxygen atoms in total. The maximum Gasteiger partial charge on any atom is 0.0375 e. The van der Waals surface area contributed by atoms with E-state index in [0.717, 1.165) is 18.6 Å². The van der Waals surface area contributed by atoms with Crippen LogP contribution in [0.15, 0.2) is 24.8 Å². The van der Waals surface area contributed by atoms with Crippen molar-refractivity contribution in [1.82, 2.24) is 0 Å². The van der Waals surface area contributed by atoms with Crippen LogP contribution in [0.25, 0.3) is 0 Å². The van der Waals surface area contributed by atoms with E-state index in [4.69, 9.17) is 0 Å². The highest BCUT2D eigenvalue weighted by atomic mass is 32.2. The molecule has 0 aromatic heterocycles. The third kappa shape index (κ3) is 6.76. The predicted molar refractivity (Wildman–Crippen MR) is 61.3 cm³/mol. The van der Waals surface area contributed by atoms with Gasteiger partial charge in [-0.05, 0) is 33.6 Å². The lowest BCUT2D eigenvalue weighted by molar-refractivity contribution is 0.646. The van der Waals surface area contributed by atoms with Crippen LogP contribution in [-0.2, 0) is 10.8 Å². The van der Waals surface area contributed by atoms with Gasteiger partial charge in [-0.1, -0.05) is 24.8 Å². The Morgan fingerprint density at radius 2 is 2.00 bits per heavy atom. The van der Waals surface area contributed by atoms with Crippen molar-refractivity contribution in [1.29, 1.82) is 0 Å². The zero-order valence-corrected chi connectivity index (χ0v) is 9.69. The monoisotopic (exact) mass is 200 g/mol. The first-order valence-corrected chi connectivity index (χ1v) is 5.96. The molecule has 0 heterocycles. The van der Waals surface area contributed by atoms with Crippen LogP contribution >= 0.6 is 0 Å². The van der Waals surface area contributed by atoms with Gasteiger partial charge in [0.25, 0.3) is 0 Å². The van der Waals surface area contributed by atoms with Gasteiger partial charge in [-0.3, -0.25) is 4.21 Å². The molecule has 0 radical (unpaired) electrons. The van der Waals surface area contributed by atoms with Gasteiger partial charge in [-0.25, -0.2) is 0 Å². The molecule has 76 valence electrons. The van der Waals surface area contributed by atoms with Gasteiger partial charge in [0.05, 0.1) is 0 Å². The fourth-order valence-corrected chi connectivity index (χ4v) is 1.87. The Morgan fingerprint density at radius 1 is 1.38 bits per heavy atom. The largest absolute Gasteiger partial charge is 0.259 e. The van der Waals surface area contributed by atoms with E-state index in [1.54, 1.807) is 6.08 Å². The van der Waals surface area contributed by atoms with Crippen molar-refractivity contribution in [2.45, 2.75) is 38.4 Å². The zero-order valence-electron chi connectivity index (χ0n) is 8.88. The summed E-state index contributed by atoms with van der Waals surface area (Å²) in [6.07, 6.45) is 7.75. The first kappa shape index (κ1) is 12.6. The standard InChI is InChI=1S/C11H20OS/c1-5-6-7-8-9-10-13(12)11(2,3)4/h5-7H,1,8-10H2,2-4H3/b7-6-. The average molecular weight is 200 g/mol. The molecule has 0 aliphatic rings. The quantitative estimate of drug-likeness (QED) is 0.492. The summed E-state index contributed by atoms with van der Waals surface area (Å²) in [6, 6.07) is 0. The van der Waals surface area contributed by atoms with Gasteiger partial charge >= 0.3 is 0 Å². The highest BCUT2D eigenvalue weighted by molar-refractivity contribution is 7.86. The summed E-state index contributed by atoms with van der Waals surface area (Å²) < 4.78 is 11.5. The van der Waals surface area contributed by atoms with Crippen LogP contribution in [0.2, 0.25) is 0 Å². The van der Waals surface area contributed by atoms with Gasteiger partial charge in [0.2, 0.25) is 0 Å². The zero-order chi connectivity index (χ0) is 10.3. The van der Waals surface area contributed by atoms with Gasteiger partial charge in [-0.15, -0.1) is 0 Å². The number of hydrogen-bond donors (Lipinski definition) is 0. The number of rotatable bonds is 5. The highest BCUT2D eigenvalue weighted by Gasteiger charge is 2.17. The molecule has 1 atom stereocenters. The molecule has 0 N–H and O–H groups in total. The van der Waals surface area contributed by atoms with E-state index in [1.807, 2.05) is 26.8 Å². The van der Waals surface area contributed by atoms with Gasteiger partial charge < -0.3 is 0 Å². The molecule has 0 bridgehead atoms. The second-order valence-corrected chi connectivity index (χ2v) is 6.29. The Hall–Kier alpha value is -0.370. The van der Waals surface area contributed by atoms with Gasteiger partial charge in [-0.2, -0.15) is 0 Å². The van der Waals surface area contributed by atoms with Gasteiger partial charge in [0, 0.05) is 21.3 Å². The summed E-state index contributed by atoms with van der Waals surface area (Å²) in [6.45, 7) is 9.64. The van der Waals surface area contributed by atoms with E-state index in [1.165, 1.54) is 0 Å². The van der Waals surface area contributed by atoms with Crippen molar-refractivity contribution in [3.63, 3.8) is 0 Å². The molecule has 0 saturated heterocycles. The van der Waals surface area contributed by atoms with Crippen LogP contribution in [0, 0.1) is 0 Å². The van der Waals surface area contributed by atoms with E-state index in [2.05, 4.69) is 12.7 Å². The molecule has 0 aliphatic carbocycles. The molecular formula is C11H20OS. The topological polar surface area (TPSA) is 17.1 Å². The Bertz CT molecular complexity index is 199. The molecule has 0 saturated carbocycles. The molecule has 0 spiro atoms. The predicted octanol–water partition coefficient (Wildman–Crippen LogP) is 3.06. The molecule has 0 fully saturated rings. The molecule has 0 rings (SSSR count). The number of unbranched alkanes of at least 4 members (excludes halogenated alkanes) is 1. The van der Waals surface area contributed by atoms with Gasteiger partial charge in [0.15, 0.2) is 0 Å². The SMILES string of the molecule is C=C/C=C\CCCS(=O)C(C)(C)C. The summed E-state index contributed by atoms with van der Waals surface area (Å²) in [7, 11) is -0.702. The van der Waals surface area contributed by atoms with Crippen molar-refractivity contribution in [3.05, 3.63) is 24.8 Å². The van der Waals surface area contributed by atoms with E-state index >= 15 is 0 Å². The molecule has 0 amide bonds. The minimum atomic E-state index is -0.702. The number of allylic oxidation sites excluding steroid dienone is 3. The van der Waals surface area contributed by atoms with Crippen LogP contribution in [0.3, 0.4) is 0 Å². The van der Waals surface area contributed by atoms with Crippen LogP contribution in [0.4, 0.5) is 0 Å². The molecule has 1 unspecified atom stereocenters. The smallest absolute Gasteiger partial charge is 0.0375 e. The van der Waals surface area contributed by atoms with Crippen molar-refractivity contribution < 1.29 is 4.21 Å². The van der Waals surface area contributed by atoms with Crippen LogP contribution in [0.1, 0.15) is 33.6 Å². The fraction of sp³-hybridized carbons (Fsp3) is 0.636. The van der Waals surface area contributed by atoms with Crippen molar-refractivity contribution >= 4 is 10.8 Å². The number of hydrogen-bond acceptors (Lipinski definition) is 1. The van der Waals surface area contributed by atoms with E-state index in [9.17, 15) is 4.21 Å². The van der Waals surface area contributed by atoms with Crippen LogP contribution < -0.4 is 0 Å². The third-order valence-electron chi connectivity index (χ3n) is 1.66. The lowest BCUT2D eigenvalue weighted by Gasteiger charge is -2.16. The van der Waals surface area contributed by atoms with E-state index in [0.29, 0.717) is 0 Å². The van der Waals surface area contributed by atoms with Crippen molar-refractivity contribution in [2.24, 2.45) is 0 Å². The maximum atomic E-state index is 11.6. The minimum absolute atomic E-state index is 0.0673. The summed E-state index contributed by atoms with van der Waals surface area (Å²) in [5, 5.41) is 0. The van der Waals surface area contributed by atoms with Crippen LogP contribution in [0.5, 0.6) is 0 Å². The molecule has 0 aromatic carbocycles. The lowest BCUT2D eigenvalue weighted by Crippen LogP contribution is -2.23. The molecule has 2 heteroatoms. The summed E-state index contributed by atoms with van der Waals surface area (Å²) in [4.78, 5) is 0. The Labute approximate surface area is 84.4 Å². The normalized spacial score (nSPS) is 14.7. The maximum absolute atomic E-state index is 11.6. The summed E-state index contributed by atoms with van der Waals surface area (Å²) >= 11 is 0. The van der Waals surface area contributed by atoms with Crippen molar-refractivity contribution in [2.75, 3.05) is 5.75 Å². The first-order valence-electron chi connectivity index (χ1n) is 4.64. The molecular weight excluding hydrogens is 180 g/mol. The molecule has 0 aliphatic heterocycles. The first-order chi connectivity index (χ1) is 5.98. The van der Waals surface area contributed by atoms with Gasteiger partial charge in [0.1, 0.15) is 0 Å². The van der Waals surface area contributed by atoms with E-state index < -0.39 is 10.8 Å². The van der Waals surface area contributed by atoms with Crippen LogP contribution in [-0.4, -0.2) is 14.7 Å². The molecule has 13 heavy (non-hydrogen) atoms. The Morgan fingerprint density at radius 3 is 2.46 bits per heavy atom. The average Bonchev–Trinajstić information content (AvgIpc) is 2.02. The third-order valence-corrected chi connectivity index (χ3v) is 3.68. The molecule has 0 aromatic rings. The summed E-state index contributed by atoms with van der Waals surface area (Å²) in [5.74, 6) is 0.797. The Balaban J connectivity index is 3.60. The minimum Gasteiger partial charge on any atom is -0.259 e. The summed E-state index contributed by atoms with van der Waals surface area (Å²) in [5.41, 5.74) is 0.